The van der Waals surface area contributed by atoms with E-state index in [1.165, 1.54) is 24.2 Å². The van der Waals surface area contributed by atoms with Gasteiger partial charge in [-0.1, -0.05) is 24.4 Å². The predicted molar refractivity (Wildman–Crippen MR) is 95.9 cm³/mol. The summed E-state index contributed by atoms with van der Waals surface area (Å²) in [5, 5.41) is 5.42. The summed E-state index contributed by atoms with van der Waals surface area (Å²) in [4.78, 5) is 30.8. The molecule has 1 saturated heterocycles. The molecule has 7 heteroatoms. The number of carbonyl (C=O) groups excluding carboxylic acids is 2. The van der Waals surface area contributed by atoms with Gasteiger partial charge >= 0.3 is 0 Å². The van der Waals surface area contributed by atoms with Crippen LogP contribution >= 0.6 is 22.9 Å². The fourth-order valence-corrected chi connectivity index (χ4v) is 3.44. The fourth-order valence-electron chi connectivity index (χ4n) is 2.64. The summed E-state index contributed by atoms with van der Waals surface area (Å²) in [5.41, 5.74) is 0.892. The van der Waals surface area contributed by atoms with Crippen LogP contribution in [0, 0.1) is 0 Å². The number of aromatic nitrogens is 1. The van der Waals surface area contributed by atoms with Crippen LogP contribution in [0.2, 0.25) is 5.02 Å². The Morgan fingerprint density at radius 2 is 1.75 bits per heavy atom. The van der Waals surface area contributed by atoms with Crippen LogP contribution in [0.15, 0.2) is 29.6 Å². The molecule has 1 aliphatic heterocycles. The molecule has 24 heavy (non-hydrogen) atoms. The van der Waals surface area contributed by atoms with Gasteiger partial charge in [0.05, 0.1) is 0 Å². The molecule has 5 nitrogen and oxygen atoms in total. The predicted octanol–water partition coefficient (Wildman–Crippen LogP) is 4.07. The van der Waals surface area contributed by atoms with E-state index >= 15 is 0 Å². The van der Waals surface area contributed by atoms with Gasteiger partial charge in [-0.2, -0.15) is 0 Å². The van der Waals surface area contributed by atoms with Crippen molar-refractivity contribution in [2.45, 2.75) is 25.7 Å². The van der Waals surface area contributed by atoms with Crippen LogP contribution in [-0.2, 0) is 0 Å². The Kier molecular flexibility index (Phi) is 5.48. The summed E-state index contributed by atoms with van der Waals surface area (Å²) < 4.78 is 0. The van der Waals surface area contributed by atoms with Crippen LogP contribution < -0.4 is 5.32 Å². The monoisotopic (exact) mass is 363 g/mol. The van der Waals surface area contributed by atoms with Crippen molar-refractivity contribution in [2.24, 2.45) is 0 Å². The van der Waals surface area contributed by atoms with E-state index in [9.17, 15) is 9.59 Å². The van der Waals surface area contributed by atoms with E-state index in [2.05, 4.69) is 10.3 Å². The molecule has 1 aromatic heterocycles. The normalized spacial score (nSPS) is 15.0. The van der Waals surface area contributed by atoms with Crippen molar-refractivity contribution in [1.82, 2.24) is 9.88 Å². The first-order valence-electron chi connectivity index (χ1n) is 7.95. The maximum atomic E-state index is 12.5. The van der Waals surface area contributed by atoms with Crippen LogP contribution in [0.25, 0.3) is 0 Å². The lowest BCUT2D eigenvalue weighted by atomic mass is 10.2. The number of amides is 2. The molecule has 2 aromatic rings. The number of hydrogen-bond acceptors (Lipinski definition) is 4. The lowest BCUT2D eigenvalue weighted by Crippen LogP contribution is -2.32. The third-order valence-electron chi connectivity index (χ3n) is 3.94. The molecule has 0 aliphatic carbocycles. The standard InChI is InChI=1S/C17H18ClN3O2S/c18-13-7-5-12(6-8-13)15(22)20-17-19-14(11-24-17)16(23)21-9-3-1-2-4-10-21/h5-8,11H,1-4,9-10H2,(H,19,20,22). The highest BCUT2D eigenvalue weighted by atomic mass is 35.5. The minimum atomic E-state index is -0.269. The minimum absolute atomic E-state index is 0.0554. The maximum Gasteiger partial charge on any atom is 0.273 e. The third-order valence-corrected chi connectivity index (χ3v) is 4.95. The molecule has 126 valence electrons. The molecule has 1 aliphatic rings. The Morgan fingerprint density at radius 3 is 2.42 bits per heavy atom. The summed E-state index contributed by atoms with van der Waals surface area (Å²) in [6.07, 6.45) is 4.42. The number of halogens is 1. The molecule has 0 atom stereocenters. The number of nitrogens with one attached hydrogen (secondary N) is 1. The van der Waals surface area contributed by atoms with Gasteiger partial charge in [0.15, 0.2) is 5.13 Å². The van der Waals surface area contributed by atoms with Crippen LogP contribution in [-0.4, -0.2) is 34.8 Å². The second kappa shape index (κ2) is 7.77. The van der Waals surface area contributed by atoms with Crippen LogP contribution in [0.1, 0.15) is 46.5 Å². The SMILES string of the molecule is O=C(Nc1nc(C(=O)N2CCCCCC2)cs1)c1ccc(Cl)cc1. The highest BCUT2D eigenvalue weighted by Crippen LogP contribution is 2.20. The summed E-state index contributed by atoms with van der Waals surface area (Å²) in [7, 11) is 0. The van der Waals surface area contributed by atoms with Gasteiger partial charge in [0, 0.05) is 29.1 Å². The largest absolute Gasteiger partial charge is 0.337 e. The zero-order valence-corrected chi connectivity index (χ0v) is 14.7. The van der Waals surface area contributed by atoms with Crippen molar-refractivity contribution in [3.8, 4) is 0 Å². The van der Waals surface area contributed by atoms with Gasteiger partial charge in [-0.25, -0.2) is 4.98 Å². The number of anilines is 1. The van der Waals surface area contributed by atoms with Crippen molar-refractivity contribution in [3.63, 3.8) is 0 Å². The van der Waals surface area contributed by atoms with E-state index in [1.807, 2.05) is 4.90 Å². The molecular weight excluding hydrogens is 346 g/mol. The highest BCUT2D eigenvalue weighted by Gasteiger charge is 2.20. The number of benzene rings is 1. The lowest BCUT2D eigenvalue weighted by molar-refractivity contribution is 0.0756. The summed E-state index contributed by atoms with van der Waals surface area (Å²) in [6.45, 7) is 1.56. The summed E-state index contributed by atoms with van der Waals surface area (Å²) >= 11 is 7.07. The average molecular weight is 364 g/mol. The number of nitrogens with zero attached hydrogens (tertiary/aromatic N) is 2. The highest BCUT2D eigenvalue weighted by molar-refractivity contribution is 7.14. The first-order chi connectivity index (χ1) is 11.6. The average Bonchev–Trinajstić information content (AvgIpc) is 2.87. The molecule has 0 saturated carbocycles. The number of likely N-dealkylation sites (tertiary alicyclic amines) is 1. The molecule has 3 rings (SSSR count). The van der Waals surface area contributed by atoms with Crippen LogP contribution in [0.5, 0.6) is 0 Å². The Morgan fingerprint density at radius 1 is 1.08 bits per heavy atom. The van der Waals surface area contributed by atoms with E-state index < -0.39 is 0 Å². The van der Waals surface area contributed by atoms with Crippen molar-refractivity contribution < 1.29 is 9.59 Å². The zero-order valence-electron chi connectivity index (χ0n) is 13.1. The van der Waals surface area contributed by atoms with Gasteiger partial charge in [0.2, 0.25) is 0 Å². The van der Waals surface area contributed by atoms with Crippen LogP contribution in [0.3, 0.4) is 0 Å². The Bertz CT molecular complexity index is 722. The minimum Gasteiger partial charge on any atom is -0.337 e. The van der Waals surface area contributed by atoms with E-state index in [-0.39, 0.29) is 11.8 Å². The van der Waals surface area contributed by atoms with Gasteiger partial charge < -0.3 is 4.90 Å². The fraction of sp³-hybridized carbons (Fsp3) is 0.353. The van der Waals surface area contributed by atoms with Gasteiger partial charge in [-0.3, -0.25) is 14.9 Å². The number of rotatable bonds is 3. The summed E-state index contributed by atoms with van der Waals surface area (Å²) in [6, 6.07) is 6.61. The molecule has 0 spiro atoms. The molecular formula is C17H18ClN3O2S. The van der Waals surface area contributed by atoms with Crippen molar-refractivity contribution in [1.29, 1.82) is 0 Å². The van der Waals surface area contributed by atoms with Gasteiger partial charge in [-0.05, 0) is 37.1 Å². The number of thiazole rings is 1. The zero-order chi connectivity index (χ0) is 16.9. The molecule has 0 bridgehead atoms. The molecule has 2 heterocycles. The Hall–Kier alpha value is -1.92. The van der Waals surface area contributed by atoms with Crippen LogP contribution in [0.4, 0.5) is 5.13 Å². The van der Waals surface area contributed by atoms with Crippen molar-refractivity contribution in [3.05, 3.63) is 45.9 Å². The lowest BCUT2D eigenvalue weighted by Gasteiger charge is -2.18. The number of carbonyl (C=O) groups is 2. The second-order valence-corrected chi connectivity index (χ2v) is 7.00. The maximum absolute atomic E-state index is 12.5. The van der Waals surface area contributed by atoms with Gasteiger partial charge in [0.1, 0.15) is 5.69 Å². The van der Waals surface area contributed by atoms with Crippen molar-refractivity contribution in [2.75, 3.05) is 18.4 Å². The summed E-state index contributed by atoms with van der Waals surface area (Å²) in [5.74, 6) is -0.324. The van der Waals surface area contributed by atoms with Gasteiger partial charge in [-0.15, -0.1) is 11.3 Å². The quantitative estimate of drug-likeness (QED) is 0.894. The second-order valence-electron chi connectivity index (χ2n) is 5.71. The van der Waals surface area contributed by atoms with E-state index in [4.69, 9.17) is 11.6 Å². The van der Waals surface area contributed by atoms with E-state index in [1.54, 1.807) is 29.6 Å². The van der Waals surface area contributed by atoms with Crippen molar-refractivity contribution >= 4 is 39.9 Å². The molecule has 1 fully saturated rings. The third kappa shape index (κ3) is 4.13. The Labute approximate surface area is 149 Å². The molecule has 0 radical (unpaired) electrons. The smallest absolute Gasteiger partial charge is 0.273 e. The molecule has 1 N–H and O–H groups in total. The first-order valence-corrected chi connectivity index (χ1v) is 9.21. The van der Waals surface area contributed by atoms with E-state index in [0.29, 0.717) is 21.4 Å². The molecule has 2 amide bonds. The topological polar surface area (TPSA) is 62.3 Å². The van der Waals surface area contributed by atoms with Gasteiger partial charge in [0.25, 0.3) is 11.8 Å². The molecule has 0 unspecified atom stereocenters. The number of hydrogen-bond donors (Lipinski definition) is 1. The Balaban J connectivity index is 1.65. The first kappa shape index (κ1) is 16.9. The van der Waals surface area contributed by atoms with E-state index in [0.717, 1.165) is 25.9 Å². The molecule has 1 aromatic carbocycles.